The van der Waals surface area contributed by atoms with Crippen LogP contribution in [0.2, 0.25) is 0 Å². The Morgan fingerprint density at radius 2 is 1.54 bits per heavy atom. The largest absolute Gasteiger partial charge is 0.490 e. The number of aromatic nitrogens is 4. The number of hydrogen-bond acceptors (Lipinski definition) is 14. The molecule has 3 heterocycles. The summed E-state index contributed by atoms with van der Waals surface area (Å²) >= 11 is 0. The molecule has 35 heavy (non-hydrogen) atoms. The maximum atomic E-state index is 11.9. The lowest BCUT2D eigenvalue weighted by Crippen LogP contribution is -2.33. The first-order chi connectivity index (χ1) is 15.9. The van der Waals surface area contributed by atoms with E-state index < -0.39 is 68.0 Å². The molecule has 0 aromatic carbocycles. The van der Waals surface area contributed by atoms with E-state index in [0.29, 0.717) is 0 Å². The van der Waals surface area contributed by atoms with Gasteiger partial charge >= 0.3 is 36.9 Å². The quantitative estimate of drug-likeness (QED) is 0.142. The van der Waals surface area contributed by atoms with Crippen molar-refractivity contribution in [2.45, 2.75) is 24.5 Å². The average Bonchev–Trinajstić information content (AvgIpc) is 3.19. The van der Waals surface area contributed by atoms with Crippen LogP contribution in [-0.4, -0.2) is 79.1 Å². The van der Waals surface area contributed by atoms with Gasteiger partial charge in [-0.1, -0.05) is 0 Å². The molecule has 3 unspecified atom stereocenters. The van der Waals surface area contributed by atoms with E-state index >= 15 is 0 Å². The van der Waals surface area contributed by atoms with Gasteiger partial charge in [0.2, 0.25) is 0 Å². The van der Waals surface area contributed by atoms with Crippen molar-refractivity contribution in [1.82, 2.24) is 19.5 Å². The van der Waals surface area contributed by atoms with Crippen molar-refractivity contribution in [2.75, 3.05) is 6.61 Å². The van der Waals surface area contributed by atoms with Crippen LogP contribution in [0.15, 0.2) is 17.4 Å². The highest BCUT2D eigenvalue weighted by Crippen LogP contribution is 2.70. The van der Waals surface area contributed by atoms with E-state index in [1.165, 1.54) is 0 Å². The highest BCUT2D eigenvalue weighted by atomic mass is 31.3. The third-order valence-corrected chi connectivity index (χ3v) is 9.47. The Balaban J connectivity index is 1.66. The maximum Gasteiger partial charge on any atom is 0.490 e. The number of fused-ring (bicyclic) bond motifs is 1. The van der Waals surface area contributed by atoms with Gasteiger partial charge in [-0.05, 0) is 0 Å². The van der Waals surface area contributed by atoms with Crippen LogP contribution in [0.4, 0.5) is 0 Å². The summed E-state index contributed by atoms with van der Waals surface area (Å²) in [6.07, 6.45) is -4.36. The summed E-state index contributed by atoms with van der Waals surface area (Å²) in [6, 6.07) is 0. The van der Waals surface area contributed by atoms with Gasteiger partial charge < -0.3 is 44.4 Å². The van der Waals surface area contributed by atoms with Crippen LogP contribution >= 0.6 is 31.3 Å². The summed E-state index contributed by atoms with van der Waals surface area (Å²) in [7, 11) is -23.3. The van der Waals surface area contributed by atoms with Crippen molar-refractivity contribution in [1.29, 1.82) is 0 Å². The van der Waals surface area contributed by atoms with Crippen LogP contribution in [0.5, 0.6) is 0 Å². The van der Waals surface area contributed by atoms with E-state index in [1.54, 1.807) is 0 Å². The minimum absolute atomic E-state index is 0.0447. The van der Waals surface area contributed by atoms with Crippen LogP contribution < -0.4 is 5.56 Å². The van der Waals surface area contributed by atoms with Crippen LogP contribution in [0.25, 0.3) is 11.2 Å². The van der Waals surface area contributed by atoms with Crippen molar-refractivity contribution in [3.63, 3.8) is 0 Å². The minimum Gasteiger partial charge on any atom is -0.387 e. The smallest absolute Gasteiger partial charge is 0.387 e. The molecule has 7 atom stereocenters. The molecule has 2 aromatic heterocycles. The summed E-state index contributed by atoms with van der Waals surface area (Å²) < 4.78 is 66.8. The molecule has 1 aliphatic rings. The lowest BCUT2D eigenvalue weighted by atomic mass is 10.1. The lowest BCUT2D eigenvalue weighted by Gasteiger charge is -2.20. The topological polar surface area (TPSA) is 320 Å². The van der Waals surface area contributed by atoms with Gasteiger partial charge in [-0.2, -0.15) is 17.9 Å². The van der Waals surface area contributed by atoms with Crippen molar-refractivity contribution < 1.29 is 75.1 Å². The molecule has 21 nitrogen and oxygen atoms in total. The fourth-order valence-corrected chi connectivity index (χ4v) is 7.24. The number of H-pyrrole nitrogens is 1. The van der Waals surface area contributed by atoms with E-state index in [1.807, 2.05) is 0 Å². The highest BCUT2D eigenvalue weighted by Gasteiger charge is 2.48. The molecule has 1 fully saturated rings. The number of rotatable bonds is 10. The number of nitrogens with one attached hydrogen (secondary N) is 1. The number of imidazole rings is 1. The Hall–Kier alpha value is -1.21. The van der Waals surface area contributed by atoms with E-state index in [0.717, 1.165) is 17.2 Å². The zero-order valence-corrected chi connectivity index (χ0v) is 20.1. The van der Waals surface area contributed by atoms with Gasteiger partial charge in [-0.15, -0.1) is 0 Å². The molecule has 0 radical (unpaired) electrons. The van der Waals surface area contributed by atoms with Crippen molar-refractivity contribution in [3.05, 3.63) is 23.0 Å². The molecule has 0 aliphatic carbocycles. The SMILES string of the molecule is O=c1nc[nH]c2c1ncn2[C@@H]1O[C@H](COP(=O)(O)OP(=O)(O)OP(=O)(O)OP(=O)(O)O)[C@H](O)[C@H]1O. The van der Waals surface area contributed by atoms with Crippen LogP contribution in [0.3, 0.4) is 0 Å². The number of phosphoric ester groups is 1. The molecule has 3 rings (SSSR count). The first-order valence-corrected chi connectivity index (χ1v) is 14.7. The lowest BCUT2D eigenvalue weighted by molar-refractivity contribution is -0.0503. The number of nitrogens with zero attached hydrogens (tertiary/aromatic N) is 3. The van der Waals surface area contributed by atoms with Crippen LogP contribution in [0, 0.1) is 0 Å². The molecule has 8 N–H and O–H groups in total. The predicted octanol–water partition coefficient (Wildman–Crippen LogP) is -1.80. The minimum atomic E-state index is -6.02. The van der Waals surface area contributed by atoms with Gasteiger partial charge in [0.25, 0.3) is 0 Å². The molecule has 0 spiro atoms. The summed E-state index contributed by atoms with van der Waals surface area (Å²) in [5.41, 5.74) is -0.797. The molecule has 0 saturated carbocycles. The second-order valence-corrected chi connectivity index (χ2v) is 12.6. The number of phosphoric acid groups is 4. The average molecular weight is 588 g/mol. The Bertz CT molecular complexity index is 1340. The van der Waals surface area contributed by atoms with Gasteiger partial charge in [0.05, 0.1) is 19.3 Å². The van der Waals surface area contributed by atoms with Crippen LogP contribution in [-0.2, 0) is 40.5 Å². The second-order valence-electron chi connectivity index (χ2n) is 6.54. The number of aliphatic hydroxyl groups is 2. The fourth-order valence-electron chi connectivity index (χ4n) is 2.78. The van der Waals surface area contributed by atoms with Gasteiger partial charge in [0, 0.05) is 0 Å². The zero-order valence-electron chi connectivity index (χ0n) is 16.5. The first-order valence-electron chi connectivity index (χ1n) is 8.64. The third-order valence-electron chi connectivity index (χ3n) is 4.01. The molecule has 198 valence electrons. The van der Waals surface area contributed by atoms with E-state index in [4.69, 9.17) is 19.4 Å². The molecule has 1 aliphatic heterocycles. The predicted molar refractivity (Wildman–Crippen MR) is 105 cm³/mol. The van der Waals surface area contributed by atoms with Gasteiger partial charge in [-0.3, -0.25) is 13.9 Å². The van der Waals surface area contributed by atoms with E-state index in [-0.39, 0.29) is 11.2 Å². The third kappa shape index (κ3) is 7.18. The van der Waals surface area contributed by atoms with Gasteiger partial charge in [0.1, 0.15) is 24.0 Å². The van der Waals surface area contributed by atoms with Gasteiger partial charge in [0.15, 0.2) is 11.7 Å². The molecule has 0 amide bonds. The first kappa shape index (κ1) is 28.4. The number of ether oxygens (including phenoxy) is 1. The van der Waals surface area contributed by atoms with Crippen molar-refractivity contribution in [2.24, 2.45) is 0 Å². The Morgan fingerprint density at radius 1 is 0.943 bits per heavy atom. The Kier molecular flexibility index (Phi) is 8.04. The molecular formula is C10H16N4O17P4. The van der Waals surface area contributed by atoms with Crippen molar-refractivity contribution in [3.8, 4) is 0 Å². The van der Waals surface area contributed by atoms with E-state index in [2.05, 4.69) is 32.4 Å². The highest BCUT2D eigenvalue weighted by molar-refractivity contribution is 7.69. The monoisotopic (exact) mass is 588 g/mol. The van der Waals surface area contributed by atoms with Gasteiger partial charge in [-0.25, -0.2) is 23.2 Å². The fraction of sp³-hybridized carbons (Fsp3) is 0.500. The standard InChI is InChI=1S/C10H16N4O17P4/c15-6-4(28-10(7(6)16)14-3-13-5-8(14)11-2-12-9(5)17)1-27-33(21,22)30-35(25,26)31-34(23,24)29-32(18,19)20/h2-4,6-7,10,15-16H,1H2,(H,21,22)(H,23,24)(H,25,26)(H,11,12,17)(H2,18,19,20)/t4-,6+,7-,10-/m1/s1. The summed E-state index contributed by atoms with van der Waals surface area (Å²) in [4.78, 5) is 66.4. The number of aromatic amines is 1. The summed E-state index contributed by atoms with van der Waals surface area (Å²) in [6.45, 7) is -1.08. The molecular weight excluding hydrogens is 572 g/mol. The summed E-state index contributed by atoms with van der Waals surface area (Å²) in [5, 5.41) is 20.4. The normalized spacial score (nSPS) is 28.4. The zero-order chi connectivity index (χ0) is 26.4. The number of hydrogen-bond donors (Lipinski definition) is 8. The molecule has 2 aromatic rings. The second kappa shape index (κ2) is 9.92. The molecule has 25 heteroatoms. The van der Waals surface area contributed by atoms with Crippen LogP contribution in [0.1, 0.15) is 6.23 Å². The van der Waals surface area contributed by atoms with E-state index in [9.17, 15) is 43.1 Å². The Labute approximate surface area is 191 Å². The Morgan fingerprint density at radius 3 is 2.17 bits per heavy atom. The van der Waals surface area contributed by atoms with Crippen molar-refractivity contribution >= 4 is 42.5 Å². The maximum absolute atomic E-state index is 11.9. The number of aliphatic hydroxyl groups excluding tert-OH is 2. The summed E-state index contributed by atoms with van der Waals surface area (Å²) in [5.74, 6) is 0. The molecule has 0 bridgehead atoms. The molecule has 1 saturated heterocycles.